The Morgan fingerprint density at radius 3 is 0.625 bits per heavy atom. The molecule has 0 heterocycles. The van der Waals surface area contributed by atoms with Crippen molar-refractivity contribution in [3.05, 3.63) is 0 Å². The molecule has 0 spiro atoms. The van der Waals surface area contributed by atoms with Crippen molar-refractivity contribution in [2.45, 2.75) is 27.7 Å². The van der Waals surface area contributed by atoms with Crippen molar-refractivity contribution < 1.29 is 108 Å². The molecular weight excluding hydrogens is 360 g/mol. The zero-order valence-electron chi connectivity index (χ0n) is 14.7. The Kier molecular flexibility index (Phi) is 134. The van der Waals surface area contributed by atoms with E-state index in [0.29, 0.717) is 13.1 Å². The molecule has 10 nitrogen and oxygen atoms in total. The molecule has 0 aliphatic heterocycles. The van der Waals surface area contributed by atoms with Crippen LogP contribution in [-0.4, -0.2) is 57.4 Å². The van der Waals surface area contributed by atoms with Gasteiger partial charge in [0.25, 0.3) is 23.9 Å². The quantitative estimate of drug-likeness (QED) is 0.236. The Labute approximate surface area is 183 Å². The van der Waals surface area contributed by atoms with Crippen LogP contribution in [0.15, 0.2) is 0 Å². The Morgan fingerprint density at radius 1 is 0.583 bits per heavy atom. The van der Waals surface area contributed by atoms with Crippen LogP contribution in [0.4, 0.5) is 0 Å². The maximum atomic E-state index is 9.00. The van der Waals surface area contributed by atoms with E-state index < -0.39 is 23.9 Å². The number of halogens is 2. The predicted octanol–water partition coefficient (Wildman–Crippen LogP) is -12.7. The van der Waals surface area contributed by atoms with E-state index in [2.05, 4.69) is 0 Å². The van der Waals surface area contributed by atoms with Gasteiger partial charge < -0.3 is 41.3 Å². The summed E-state index contributed by atoms with van der Waals surface area (Å²) in [6.07, 6.45) is 0. The first kappa shape index (κ1) is 56.5. The van der Waals surface area contributed by atoms with E-state index in [1.807, 2.05) is 0 Å². The van der Waals surface area contributed by atoms with Gasteiger partial charge in [0, 0.05) is 40.8 Å². The second kappa shape index (κ2) is 57.0. The van der Waals surface area contributed by atoms with Gasteiger partial charge in [0.15, 0.2) is 0 Å². The van der Waals surface area contributed by atoms with Crippen LogP contribution < -0.4 is 80.0 Å². The summed E-state index contributed by atoms with van der Waals surface area (Å²) in [6, 6.07) is 0. The number of rotatable bonds is 1. The van der Waals surface area contributed by atoms with Gasteiger partial charge in [-0.25, -0.2) is 0 Å². The third kappa shape index (κ3) is 21200. The summed E-state index contributed by atoms with van der Waals surface area (Å²) in [4.78, 5) is 36.0. The van der Waals surface area contributed by atoms with E-state index in [9.17, 15) is 0 Å². The minimum Gasteiger partial charge on any atom is -1.00 e. The summed E-state index contributed by atoms with van der Waals surface area (Å²) in [5.74, 6) is -3.33. The van der Waals surface area contributed by atoms with Crippen molar-refractivity contribution in [2.75, 3.05) is 13.1 Å². The summed E-state index contributed by atoms with van der Waals surface area (Å²) in [5.41, 5.74) is 9.81. The number of carbonyl (C=O) groups is 4. The first-order valence-corrected chi connectivity index (χ1v) is 5.03. The van der Waals surface area contributed by atoms with Crippen LogP contribution in [0.3, 0.4) is 0 Å². The summed E-state index contributed by atoms with van der Waals surface area (Å²) >= 11 is 0. The van der Waals surface area contributed by atoms with Crippen molar-refractivity contribution in [1.82, 2.24) is 0 Å². The number of carboxylic acids is 4. The Balaban J connectivity index is -0.0000000161. The van der Waals surface area contributed by atoms with Crippen molar-refractivity contribution in [2.24, 2.45) is 11.5 Å². The van der Waals surface area contributed by atoms with Crippen LogP contribution in [0.25, 0.3) is 0 Å². The molecule has 0 rings (SSSR count). The molecule has 138 valence electrons. The zero-order chi connectivity index (χ0) is 17.7. The summed E-state index contributed by atoms with van der Waals surface area (Å²) in [7, 11) is 0. The average Bonchev–Trinajstić information content (AvgIpc) is 2.13. The summed E-state index contributed by atoms with van der Waals surface area (Å²) in [5, 5.41) is 29.7. The molecule has 0 radical (unpaired) electrons. The molecule has 24 heavy (non-hydrogen) atoms. The molecular formula is C10H24F2N2Na2O8. The Bertz CT molecular complexity index is 209. The van der Waals surface area contributed by atoms with E-state index in [1.165, 1.54) is 0 Å². The third-order valence-electron chi connectivity index (χ3n) is 0.167. The van der Waals surface area contributed by atoms with Crippen LogP contribution in [-0.2, 0) is 19.2 Å². The van der Waals surface area contributed by atoms with Gasteiger partial charge in [0.1, 0.15) is 0 Å². The monoisotopic (exact) mass is 384 g/mol. The average molecular weight is 384 g/mol. The first-order valence-electron chi connectivity index (χ1n) is 5.03. The summed E-state index contributed by atoms with van der Waals surface area (Å²) < 4.78 is 0. The van der Waals surface area contributed by atoms with E-state index in [1.54, 1.807) is 0 Å². The fourth-order valence-electron chi connectivity index (χ4n) is 0. The summed E-state index contributed by atoms with van der Waals surface area (Å²) in [6.45, 7) is 5.53. The molecule has 8 N–H and O–H groups in total. The minimum absolute atomic E-state index is 0. The van der Waals surface area contributed by atoms with Gasteiger partial charge in [0.2, 0.25) is 0 Å². The van der Waals surface area contributed by atoms with Crippen molar-refractivity contribution in [3.8, 4) is 0 Å². The molecule has 0 aromatic carbocycles. The number of hydrogen-bond acceptors (Lipinski definition) is 6. The predicted molar refractivity (Wildman–Crippen MR) is 71.3 cm³/mol. The van der Waals surface area contributed by atoms with Gasteiger partial charge in [-0.3, -0.25) is 19.2 Å². The molecule has 0 fully saturated rings. The molecule has 0 saturated heterocycles. The molecule has 0 amide bonds. The van der Waals surface area contributed by atoms with E-state index in [0.717, 1.165) is 27.7 Å². The van der Waals surface area contributed by atoms with Gasteiger partial charge >= 0.3 is 59.1 Å². The van der Waals surface area contributed by atoms with Crippen LogP contribution >= 0.6 is 0 Å². The first-order chi connectivity index (χ1) is 8.84. The second-order valence-electron chi connectivity index (χ2n) is 2.65. The van der Waals surface area contributed by atoms with Gasteiger partial charge in [-0.05, 0) is 0 Å². The van der Waals surface area contributed by atoms with Gasteiger partial charge in [-0.2, -0.15) is 0 Å². The Morgan fingerprint density at radius 2 is 0.625 bits per heavy atom. The van der Waals surface area contributed by atoms with Crippen LogP contribution in [0, 0.1) is 0 Å². The number of aliphatic carboxylic acids is 4. The van der Waals surface area contributed by atoms with Crippen LogP contribution in [0.1, 0.15) is 27.7 Å². The van der Waals surface area contributed by atoms with Gasteiger partial charge in [-0.15, -0.1) is 0 Å². The molecule has 0 aliphatic carbocycles. The fourth-order valence-corrected chi connectivity index (χ4v) is 0. The molecule has 14 heteroatoms. The molecule has 0 atom stereocenters. The fraction of sp³-hybridized carbons (Fsp3) is 0.600. The van der Waals surface area contributed by atoms with Gasteiger partial charge in [0.05, 0.1) is 0 Å². The van der Waals surface area contributed by atoms with Gasteiger partial charge in [-0.1, -0.05) is 0 Å². The van der Waals surface area contributed by atoms with Crippen molar-refractivity contribution in [3.63, 3.8) is 0 Å². The second-order valence-corrected chi connectivity index (χ2v) is 2.65. The molecule has 0 aromatic rings. The number of nitrogens with two attached hydrogens (primary N) is 2. The molecule has 0 bridgehead atoms. The molecule has 0 unspecified atom stereocenters. The van der Waals surface area contributed by atoms with Crippen LogP contribution in [0.5, 0.6) is 0 Å². The third-order valence-corrected chi connectivity index (χ3v) is 0.167. The molecule has 0 aromatic heterocycles. The largest absolute Gasteiger partial charge is 1.00 e. The minimum atomic E-state index is -0.833. The number of carboxylic acid groups (broad SMARTS) is 4. The topological polar surface area (TPSA) is 201 Å². The zero-order valence-corrected chi connectivity index (χ0v) is 18.7. The van der Waals surface area contributed by atoms with Crippen LogP contribution in [0.2, 0.25) is 0 Å². The standard InChI is InChI=1S/C2H8N2.4C2H4O2.2FH.2Na/c3-1-2-4;4*1-2(3)4;;;;/h1-4H2;4*1H3,(H,3,4);2*1H;;/q;;;;;;;2*+1/p-2. The van der Waals surface area contributed by atoms with E-state index in [-0.39, 0.29) is 68.5 Å². The maximum absolute atomic E-state index is 9.00. The normalized spacial score (nSPS) is 5.42. The van der Waals surface area contributed by atoms with E-state index >= 15 is 0 Å². The Hall–Kier alpha value is -0.340. The smallest absolute Gasteiger partial charge is 1.00 e. The maximum Gasteiger partial charge on any atom is 1.00 e. The van der Waals surface area contributed by atoms with Crippen molar-refractivity contribution >= 4 is 23.9 Å². The molecule has 0 aliphatic rings. The molecule has 0 saturated carbocycles. The van der Waals surface area contributed by atoms with Crippen molar-refractivity contribution in [1.29, 1.82) is 0 Å². The SMILES string of the molecule is CC(=O)O.CC(=O)O.CC(=O)O.CC(=O)O.NCCN.[F-].[F-].[Na+].[Na+]. The van der Waals surface area contributed by atoms with E-state index in [4.69, 9.17) is 51.1 Å². The number of hydrogen-bond donors (Lipinski definition) is 6.